The second-order valence-corrected chi connectivity index (χ2v) is 6.06. The molecular formula is C17H25N3O2S. The molecule has 23 heavy (non-hydrogen) atoms. The molecule has 6 heteroatoms. The average Bonchev–Trinajstić information content (AvgIpc) is 2.59. The summed E-state index contributed by atoms with van der Waals surface area (Å²) >= 11 is 5.44. The van der Waals surface area contributed by atoms with Crippen LogP contribution in [0.15, 0.2) is 24.3 Å². The molecule has 1 aromatic rings. The monoisotopic (exact) mass is 335 g/mol. The van der Waals surface area contributed by atoms with E-state index in [2.05, 4.69) is 51.0 Å². The van der Waals surface area contributed by atoms with E-state index in [1.165, 1.54) is 18.4 Å². The van der Waals surface area contributed by atoms with Crippen molar-refractivity contribution in [2.24, 2.45) is 0 Å². The van der Waals surface area contributed by atoms with Gasteiger partial charge in [0.15, 0.2) is 5.11 Å². The number of aryl methyl sites for hydroxylation is 1. The Kier molecular flexibility index (Phi) is 6.65. The SMILES string of the molecule is COC(=O)CCCNC(=S)N1CCN(c2ccccc2C)CC1. The summed E-state index contributed by atoms with van der Waals surface area (Å²) in [5, 5.41) is 4.01. The van der Waals surface area contributed by atoms with Crippen molar-refractivity contribution in [1.29, 1.82) is 0 Å². The third-order valence-electron chi connectivity index (χ3n) is 4.08. The van der Waals surface area contributed by atoms with Crippen molar-refractivity contribution in [2.45, 2.75) is 19.8 Å². The zero-order valence-electron chi connectivity index (χ0n) is 13.9. The number of carbonyl (C=O) groups excluding carboxylic acids is 1. The summed E-state index contributed by atoms with van der Waals surface area (Å²) < 4.78 is 4.62. The fraction of sp³-hybridized carbons (Fsp3) is 0.529. The van der Waals surface area contributed by atoms with Crippen molar-refractivity contribution in [1.82, 2.24) is 10.2 Å². The molecule has 5 nitrogen and oxygen atoms in total. The van der Waals surface area contributed by atoms with Gasteiger partial charge in [-0.05, 0) is 37.2 Å². The van der Waals surface area contributed by atoms with Crippen molar-refractivity contribution in [3.05, 3.63) is 29.8 Å². The molecule has 1 aliphatic rings. The van der Waals surface area contributed by atoms with Crippen molar-refractivity contribution in [3.63, 3.8) is 0 Å². The van der Waals surface area contributed by atoms with Gasteiger partial charge in [0, 0.05) is 44.8 Å². The smallest absolute Gasteiger partial charge is 0.305 e. The van der Waals surface area contributed by atoms with Crippen LogP contribution >= 0.6 is 12.2 Å². The van der Waals surface area contributed by atoms with E-state index in [1.807, 2.05) is 0 Å². The van der Waals surface area contributed by atoms with Crippen LogP contribution in [0.5, 0.6) is 0 Å². The lowest BCUT2D eigenvalue weighted by Gasteiger charge is -2.38. The Morgan fingerprint density at radius 1 is 1.26 bits per heavy atom. The summed E-state index contributed by atoms with van der Waals surface area (Å²) in [4.78, 5) is 15.7. The number of piperazine rings is 1. The highest BCUT2D eigenvalue weighted by Crippen LogP contribution is 2.20. The number of nitrogens with one attached hydrogen (secondary N) is 1. The maximum absolute atomic E-state index is 11.1. The molecule has 0 spiro atoms. The summed E-state index contributed by atoms with van der Waals surface area (Å²) in [6.07, 6.45) is 1.16. The number of hydrogen-bond acceptors (Lipinski definition) is 4. The Balaban J connectivity index is 1.72. The van der Waals surface area contributed by atoms with Gasteiger partial charge in [-0.1, -0.05) is 18.2 Å². The van der Waals surface area contributed by atoms with E-state index in [9.17, 15) is 4.79 Å². The zero-order valence-corrected chi connectivity index (χ0v) is 14.7. The molecule has 126 valence electrons. The number of esters is 1. The summed E-state index contributed by atoms with van der Waals surface area (Å²) in [6, 6.07) is 8.48. The summed E-state index contributed by atoms with van der Waals surface area (Å²) in [7, 11) is 1.41. The number of para-hydroxylation sites is 1. The van der Waals surface area contributed by atoms with Crippen LogP contribution < -0.4 is 10.2 Å². The maximum Gasteiger partial charge on any atom is 0.305 e. The Hall–Kier alpha value is -1.82. The fourth-order valence-corrected chi connectivity index (χ4v) is 3.00. The first kappa shape index (κ1) is 17.5. The van der Waals surface area contributed by atoms with Crippen molar-refractivity contribution in [2.75, 3.05) is 44.7 Å². The van der Waals surface area contributed by atoms with Gasteiger partial charge >= 0.3 is 5.97 Å². The molecule has 1 aromatic carbocycles. The highest BCUT2D eigenvalue weighted by Gasteiger charge is 2.19. The largest absolute Gasteiger partial charge is 0.469 e. The molecular weight excluding hydrogens is 310 g/mol. The van der Waals surface area contributed by atoms with E-state index in [0.29, 0.717) is 13.0 Å². The zero-order chi connectivity index (χ0) is 16.7. The molecule has 0 aromatic heterocycles. The van der Waals surface area contributed by atoms with Crippen LogP contribution in [-0.4, -0.2) is 55.8 Å². The van der Waals surface area contributed by atoms with Gasteiger partial charge in [0.25, 0.3) is 0 Å². The second kappa shape index (κ2) is 8.72. The van der Waals surface area contributed by atoms with E-state index in [-0.39, 0.29) is 5.97 Å². The van der Waals surface area contributed by atoms with Crippen LogP contribution in [0.25, 0.3) is 0 Å². The van der Waals surface area contributed by atoms with E-state index < -0.39 is 0 Å². The first-order chi connectivity index (χ1) is 11.1. The maximum atomic E-state index is 11.1. The lowest BCUT2D eigenvalue weighted by Crippen LogP contribution is -2.52. The van der Waals surface area contributed by atoms with Gasteiger partial charge in [0.2, 0.25) is 0 Å². The van der Waals surface area contributed by atoms with E-state index in [1.54, 1.807) is 0 Å². The Morgan fingerprint density at radius 2 is 1.96 bits per heavy atom. The van der Waals surface area contributed by atoms with Crippen LogP contribution in [0.2, 0.25) is 0 Å². The van der Waals surface area contributed by atoms with E-state index in [0.717, 1.165) is 37.7 Å². The molecule has 0 unspecified atom stereocenters. The molecule has 0 saturated carbocycles. The quantitative estimate of drug-likeness (QED) is 0.504. The summed E-state index contributed by atoms with van der Waals surface area (Å²) in [5.41, 5.74) is 2.62. The van der Waals surface area contributed by atoms with Crippen LogP contribution in [0, 0.1) is 6.92 Å². The Labute approximate surface area is 143 Å². The lowest BCUT2D eigenvalue weighted by molar-refractivity contribution is -0.140. The highest BCUT2D eigenvalue weighted by molar-refractivity contribution is 7.80. The number of ether oxygens (including phenoxy) is 1. The molecule has 1 heterocycles. The average molecular weight is 335 g/mol. The number of hydrogen-bond donors (Lipinski definition) is 1. The normalized spacial score (nSPS) is 14.5. The van der Waals surface area contributed by atoms with Gasteiger partial charge in [-0.2, -0.15) is 0 Å². The number of anilines is 1. The Bertz CT molecular complexity index is 542. The summed E-state index contributed by atoms with van der Waals surface area (Å²) in [5.74, 6) is -0.176. The van der Waals surface area contributed by atoms with Gasteiger partial charge in [-0.25, -0.2) is 0 Å². The third kappa shape index (κ3) is 5.10. The molecule has 1 fully saturated rings. The fourth-order valence-electron chi connectivity index (χ4n) is 2.71. The van der Waals surface area contributed by atoms with Crippen LogP contribution in [0.3, 0.4) is 0 Å². The first-order valence-corrected chi connectivity index (χ1v) is 8.43. The highest BCUT2D eigenvalue weighted by atomic mass is 32.1. The van der Waals surface area contributed by atoms with Crippen molar-refractivity contribution in [3.8, 4) is 0 Å². The number of carbonyl (C=O) groups is 1. The first-order valence-electron chi connectivity index (χ1n) is 8.02. The minimum Gasteiger partial charge on any atom is -0.469 e. The minimum absolute atomic E-state index is 0.176. The van der Waals surface area contributed by atoms with Gasteiger partial charge in [0.1, 0.15) is 0 Å². The van der Waals surface area contributed by atoms with Crippen LogP contribution in [0.4, 0.5) is 5.69 Å². The lowest BCUT2D eigenvalue weighted by atomic mass is 10.1. The second-order valence-electron chi connectivity index (χ2n) is 5.67. The molecule has 0 bridgehead atoms. The molecule has 1 aliphatic heterocycles. The van der Waals surface area contributed by atoms with Crippen molar-refractivity contribution < 1.29 is 9.53 Å². The predicted octanol–water partition coefficient (Wildman–Crippen LogP) is 1.94. The number of rotatable bonds is 5. The molecule has 0 radical (unpaired) electrons. The van der Waals surface area contributed by atoms with E-state index in [4.69, 9.17) is 12.2 Å². The number of benzene rings is 1. The van der Waals surface area contributed by atoms with Gasteiger partial charge in [0.05, 0.1) is 7.11 Å². The molecule has 0 amide bonds. The standard InChI is InChI=1S/C17H25N3O2S/c1-14-6-3-4-7-15(14)19-10-12-20(13-11-19)17(23)18-9-5-8-16(21)22-2/h3-4,6-7H,5,8-13H2,1-2H3,(H,18,23). The molecule has 0 atom stereocenters. The molecule has 2 rings (SSSR count). The topological polar surface area (TPSA) is 44.8 Å². The molecule has 0 aliphatic carbocycles. The van der Waals surface area contributed by atoms with Gasteiger partial charge < -0.3 is 19.9 Å². The van der Waals surface area contributed by atoms with Gasteiger partial charge in [-0.3, -0.25) is 4.79 Å². The number of methoxy groups -OCH3 is 1. The minimum atomic E-state index is -0.176. The molecule has 1 saturated heterocycles. The molecule has 1 N–H and O–H groups in total. The predicted molar refractivity (Wildman–Crippen MR) is 96.8 cm³/mol. The number of nitrogens with zero attached hydrogens (tertiary/aromatic N) is 2. The van der Waals surface area contributed by atoms with Crippen LogP contribution in [0.1, 0.15) is 18.4 Å². The number of thiocarbonyl (C=S) groups is 1. The summed E-state index contributed by atoms with van der Waals surface area (Å²) in [6.45, 7) is 6.61. The van der Waals surface area contributed by atoms with Gasteiger partial charge in [-0.15, -0.1) is 0 Å². The third-order valence-corrected chi connectivity index (χ3v) is 4.49. The van der Waals surface area contributed by atoms with E-state index >= 15 is 0 Å². The van der Waals surface area contributed by atoms with Crippen LogP contribution in [-0.2, 0) is 9.53 Å². The van der Waals surface area contributed by atoms with Crippen molar-refractivity contribution >= 4 is 29.0 Å². The Morgan fingerprint density at radius 3 is 2.61 bits per heavy atom.